The molecule has 0 saturated heterocycles. The first-order valence-electron chi connectivity index (χ1n) is 6.78. The first-order valence-corrected chi connectivity index (χ1v) is 8.67. The quantitative estimate of drug-likeness (QED) is 0.892. The van der Waals surface area contributed by atoms with Gasteiger partial charge in [-0.2, -0.15) is 0 Å². The molecular weight excluding hydrogens is 260 g/mol. The van der Waals surface area contributed by atoms with E-state index in [1.807, 2.05) is 12.1 Å². The number of nitrogens with one attached hydrogen (secondary N) is 2. The van der Waals surface area contributed by atoms with E-state index in [1.165, 1.54) is 25.7 Å². The average molecular weight is 282 g/mol. The van der Waals surface area contributed by atoms with Crippen LogP contribution in [0.3, 0.4) is 0 Å². The summed E-state index contributed by atoms with van der Waals surface area (Å²) in [5.41, 5.74) is 1.66. The number of hydrogen-bond acceptors (Lipinski definition) is 3. The SMILES string of the molecule is CC1CCCCC1Nc1ccc(NS(C)(=O)=O)cc1. The van der Waals surface area contributed by atoms with E-state index in [0.29, 0.717) is 17.6 Å². The molecule has 5 heteroatoms. The molecule has 0 bridgehead atoms. The van der Waals surface area contributed by atoms with E-state index in [0.717, 1.165) is 11.9 Å². The van der Waals surface area contributed by atoms with E-state index < -0.39 is 10.0 Å². The second-order valence-corrected chi connectivity index (χ2v) is 7.21. The van der Waals surface area contributed by atoms with Gasteiger partial charge in [-0.05, 0) is 43.0 Å². The summed E-state index contributed by atoms with van der Waals surface area (Å²) in [6.45, 7) is 2.29. The maximum Gasteiger partial charge on any atom is 0.229 e. The number of hydrogen-bond donors (Lipinski definition) is 2. The van der Waals surface area contributed by atoms with E-state index in [9.17, 15) is 8.42 Å². The van der Waals surface area contributed by atoms with Crippen molar-refractivity contribution in [2.75, 3.05) is 16.3 Å². The van der Waals surface area contributed by atoms with Crippen LogP contribution < -0.4 is 10.0 Å². The van der Waals surface area contributed by atoms with Gasteiger partial charge in [0.15, 0.2) is 0 Å². The van der Waals surface area contributed by atoms with Gasteiger partial charge < -0.3 is 5.32 Å². The third kappa shape index (κ3) is 4.42. The van der Waals surface area contributed by atoms with Crippen LogP contribution in [0.4, 0.5) is 11.4 Å². The summed E-state index contributed by atoms with van der Waals surface area (Å²) in [6.07, 6.45) is 6.27. The molecule has 1 aliphatic carbocycles. The van der Waals surface area contributed by atoms with E-state index in [2.05, 4.69) is 17.0 Å². The lowest BCUT2D eigenvalue weighted by Crippen LogP contribution is -2.30. The molecule has 106 valence electrons. The van der Waals surface area contributed by atoms with E-state index >= 15 is 0 Å². The summed E-state index contributed by atoms with van der Waals surface area (Å²) in [5, 5.41) is 3.54. The largest absolute Gasteiger partial charge is 0.382 e. The average Bonchev–Trinajstić information content (AvgIpc) is 2.33. The lowest BCUT2D eigenvalue weighted by molar-refractivity contribution is 0.349. The van der Waals surface area contributed by atoms with E-state index in [-0.39, 0.29) is 0 Å². The van der Waals surface area contributed by atoms with Crippen molar-refractivity contribution in [3.63, 3.8) is 0 Å². The molecule has 2 N–H and O–H groups in total. The third-order valence-electron chi connectivity index (χ3n) is 3.65. The van der Waals surface area contributed by atoms with Gasteiger partial charge in [-0.1, -0.05) is 19.8 Å². The molecule has 0 aromatic heterocycles. The van der Waals surface area contributed by atoms with Crippen molar-refractivity contribution >= 4 is 21.4 Å². The Balaban J connectivity index is 1.98. The number of benzene rings is 1. The Morgan fingerprint density at radius 3 is 2.21 bits per heavy atom. The number of sulfonamides is 1. The summed E-state index contributed by atoms with van der Waals surface area (Å²) < 4.78 is 24.7. The van der Waals surface area contributed by atoms with Gasteiger partial charge >= 0.3 is 0 Å². The maximum atomic E-state index is 11.1. The Bertz CT molecular complexity index is 511. The Morgan fingerprint density at radius 2 is 1.63 bits per heavy atom. The Labute approximate surface area is 115 Å². The summed E-state index contributed by atoms with van der Waals surface area (Å²) in [7, 11) is -3.20. The predicted molar refractivity (Wildman–Crippen MR) is 80.0 cm³/mol. The molecule has 1 saturated carbocycles. The summed E-state index contributed by atoms with van der Waals surface area (Å²) in [4.78, 5) is 0. The Kier molecular flexibility index (Phi) is 4.34. The number of anilines is 2. The fraction of sp³-hybridized carbons (Fsp3) is 0.571. The van der Waals surface area contributed by atoms with Gasteiger partial charge in [-0.25, -0.2) is 8.42 Å². The van der Waals surface area contributed by atoms with Gasteiger partial charge in [0.25, 0.3) is 0 Å². The first-order chi connectivity index (χ1) is 8.94. The van der Waals surface area contributed by atoms with Crippen molar-refractivity contribution in [1.29, 1.82) is 0 Å². The van der Waals surface area contributed by atoms with Crippen molar-refractivity contribution < 1.29 is 8.42 Å². The van der Waals surface area contributed by atoms with Crippen molar-refractivity contribution in [2.45, 2.75) is 38.6 Å². The third-order valence-corrected chi connectivity index (χ3v) is 4.26. The van der Waals surface area contributed by atoms with E-state index in [1.54, 1.807) is 12.1 Å². The first kappa shape index (κ1) is 14.2. The van der Waals surface area contributed by atoms with Crippen LogP contribution in [0.15, 0.2) is 24.3 Å². The molecule has 2 unspecified atom stereocenters. The Hall–Kier alpha value is -1.23. The molecule has 0 amide bonds. The van der Waals surface area contributed by atoms with Crippen LogP contribution in [0, 0.1) is 5.92 Å². The van der Waals surface area contributed by atoms with Gasteiger partial charge in [0, 0.05) is 17.4 Å². The molecule has 1 fully saturated rings. The molecule has 4 nitrogen and oxygen atoms in total. The predicted octanol–water partition coefficient (Wildman–Crippen LogP) is 3.05. The van der Waals surface area contributed by atoms with Crippen LogP contribution in [0.5, 0.6) is 0 Å². The minimum Gasteiger partial charge on any atom is -0.382 e. The van der Waals surface area contributed by atoms with Gasteiger partial charge in [0.1, 0.15) is 0 Å². The highest BCUT2D eigenvalue weighted by Crippen LogP contribution is 2.27. The van der Waals surface area contributed by atoms with Crippen LogP contribution in [0.25, 0.3) is 0 Å². The maximum absolute atomic E-state index is 11.1. The fourth-order valence-electron chi connectivity index (χ4n) is 2.59. The minimum atomic E-state index is -3.20. The van der Waals surface area contributed by atoms with Gasteiger partial charge in [-0.3, -0.25) is 4.72 Å². The lowest BCUT2D eigenvalue weighted by Gasteiger charge is -2.30. The molecule has 0 heterocycles. The zero-order chi connectivity index (χ0) is 13.9. The highest BCUT2D eigenvalue weighted by molar-refractivity contribution is 7.92. The van der Waals surface area contributed by atoms with Crippen LogP contribution in [-0.2, 0) is 10.0 Å². The molecule has 2 atom stereocenters. The van der Waals surface area contributed by atoms with Crippen molar-refractivity contribution in [3.05, 3.63) is 24.3 Å². The zero-order valence-electron chi connectivity index (χ0n) is 11.5. The van der Waals surface area contributed by atoms with Crippen molar-refractivity contribution in [2.24, 2.45) is 5.92 Å². The van der Waals surface area contributed by atoms with Crippen LogP contribution in [0.1, 0.15) is 32.6 Å². The molecule has 19 heavy (non-hydrogen) atoms. The lowest BCUT2D eigenvalue weighted by atomic mass is 9.86. The minimum absolute atomic E-state index is 0.530. The highest BCUT2D eigenvalue weighted by Gasteiger charge is 2.20. The van der Waals surface area contributed by atoms with Crippen molar-refractivity contribution in [1.82, 2.24) is 0 Å². The molecule has 0 radical (unpaired) electrons. The molecule has 0 spiro atoms. The van der Waals surface area contributed by atoms with Gasteiger partial charge in [0.05, 0.1) is 6.26 Å². The molecule has 0 aliphatic heterocycles. The molecule has 2 rings (SSSR count). The summed E-state index contributed by atoms with van der Waals surface area (Å²) in [5.74, 6) is 0.697. The Morgan fingerprint density at radius 1 is 1.05 bits per heavy atom. The molecule has 1 aliphatic rings. The molecule has 1 aromatic carbocycles. The van der Waals surface area contributed by atoms with Crippen LogP contribution in [-0.4, -0.2) is 20.7 Å². The second kappa shape index (κ2) is 5.82. The second-order valence-electron chi connectivity index (χ2n) is 5.46. The van der Waals surface area contributed by atoms with E-state index in [4.69, 9.17) is 0 Å². The standard InChI is InChI=1S/C14H22N2O2S/c1-11-5-3-4-6-14(11)15-12-7-9-13(10-8-12)16-19(2,17)18/h7-11,14-16H,3-6H2,1-2H3. The number of rotatable bonds is 4. The van der Waals surface area contributed by atoms with Gasteiger partial charge in [-0.15, -0.1) is 0 Å². The van der Waals surface area contributed by atoms with Crippen LogP contribution >= 0.6 is 0 Å². The zero-order valence-corrected chi connectivity index (χ0v) is 12.3. The molecule has 1 aromatic rings. The monoisotopic (exact) mass is 282 g/mol. The molecular formula is C14H22N2O2S. The highest BCUT2D eigenvalue weighted by atomic mass is 32.2. The normalized spacial score (nSPS) is 23.9. The van der Waals surface area contributed by atoms with Crippen LogP contribution in [0.2, 0.25) is 0 Å². The summed E-state index contributed by atoms with van der Waals surface area (Å²) in [6, 6.07) is 7.96. The smallest absolute Gasteiger partial charge is 0.229 e. The topological polar surface area (TPSA) is 58.2 Å². The fourth-order valence-corrected chi connectivity index (χ4v) is 3.16. The summed E-state index contributed by atoms with van der Waals surface area (Å²) >= 11 is 0. The van der Waals surface area contributed by atoms with Crippen molar-refractivity contribution in [3.8, 4) is 0 Å². The van der Waals surface area contributed by atoms with Gasteiger partial charge in [0.2, 0.25) is 10.0 Å².